The Morgan fingerprint density at radius 3 is 2.86 bits per heavy atom. The molecule has 1 aromatic carbocycles. The van der Waals surface area contributed by atoms with Gasteiger partial charge in [-0.15, -0.1) is 0 Å². The van der Waals surface area contributed by atoms with Crippen LogP contribution in [0.15, 0.2) is 53.8 Å². The summed E-state index contributed by atoms with van der Waals surface area (Å²) in [4.78, 5) is 8.59. The lowest BCUT2D eigenvalue weighted by Crippen LogP contribution is -2.17. The first-order chi connectivity index (χ1) is 10.3. The summed E-state index contributed by atoms with van der Waals surface area (Å²) in [5, 5.41) is 3.08. The highest BCUT2D eigenvalue weighted by Crippen LogP contribution is 2.23. The van der Waals surface area contributed by atoms with Crippen molar-refractivity contribution < 1.29 is 9.13 Å². The molecule has 1 fully saturated rings. The summed E-state index contributed by atoms with van der Waals surface area (Å²) in [5.74, 6) is -0.257. The van der Waals surface area contributed by atoms with E-state index in [2.05, 4.69) is 15.3 Å². The molecule has 4 nitrogen and oxygen atoms in total. The summed E-state index contributed by atoms with van der Waals surface area (Å²) in [7, 11) is 0. The van der Waals surface area contributed by atoms with Crippen LogP contribution in [0.3, 0.4) is 0 Å². The molecule has 0 saturated carbocycles. The number of pyridine rings is 1. The minimum Gasteiger partial charge on any atom is -0.463 e. The van der Waals surface area contributed by atoms with Gasteiger partial charge in [0, 0.05) is 12.4 Å². The molecule has 3 rings (SSSR count). The summed E-state index contributed by atoms with van der Waals surface area (Å²) >= 11 is 0. The predicted molar refractivity (Wildman–Crippen MR) is 78.5 cm³/mol. The third-order valence-electron chi connectivity index (χ3n) is 3.30. The molecule has 1 N–H and O–H groups in total. The lowest BCUT2D eigenvalue weighted by molar-refractivity contribution is 0.348. The Morgan fingerprint density at radius 1 is 1.29 bits per heavy atom. The van der Waals surface area contributed by atoms with E-state index in [4.69, 9.17) is 4.74 Å². The second-order valence-corrected chi connectivity index (χ2v) is 4.84. The Balaban J connectivity index is 1.88. The van der Waals surface area contributed by atoms with Gasteiger partial charge in [0.15, 0.2) is 0 Å². The molecular weight excluding hydrogens is 269 g/mol. The van der Waals surface area contributed by atoms with Crippen molar-refractivity contribution in [3.05, 3.63) is 65.7 Å². The van der Waals surface area contributed by atoms with Gasteiger partial charge in [0.05, 0.1) is 12.6 Å². The molecule has 0 amide bonds. The Hall–Kier alpha value is -2.43. The Kier molecular flexibility index (Phi) is 4.09. The first-order valence-electron chi connectivity index (χ1n) is 6.90. The van der Waals surface area contributed by atoms with E-state index in [0.29, 0.717) is 19.0 Å². The summed E-state index contributed by atoms with van der Waals surface area (Å²) in [5.41, 5.74) is 1.93. The number of nitrogens with zero attached hydrogens (tertiary/aromatic N) is 2. The van der Waals surface area contributed by atoms with Crippen LogP contribution < -0.4 is 5.32 Å². The predicted octanol–water partition coefficient (Wildman–Crippen LogP) is 2.48. The first kappa shape index (κ1) is 13.5. The van der Waals surface area contributed by atoms with Crippen molar-refractivity contribution in [1.29, 1.82) is 0 Å². The van der Waals surface area contributed by atoms with Crippen LogP contribution in [0.25, 0.3) is 0 Å². The standard InChI is InChI=1S/C16H16FN3O/c17-14-3-1-2-13(11-14)15(20-16-19-8-9-21-16)10-12-4-6-18-7-5-12/h1-7,11,15H,8-10H2,(H,19,20). The third kappa shape index (κ3) is 3.56. The summed E-state index contributed by atoms with van der Waals surface area (Å²) in [6.07, 6.45) is 4.16. The van der Waals surface area contributed by atoms with Crippen molar-refractivity contribution in [2.24, 2.45) is 4.99 Å². The molecule has 2 aromatic rings. The van der Waals surface area contributed by atoms with E-state index < -0.39 is 0 Å². The van der Waals surface area contributed by atoms with Crippen LogP contribution >= 0.6 is 0 Å². The fraction of sp³-hybridized carbons (Fsp3) is 0.250. The van der Waals surface area contributed by atoms with Gasteiger partial charge >= 0.3 is 0 Å². The largest absolute Gasteiger partial charge is 0.463 e. The van der Waals surface area contributed by atoms with Gasteiger partial charge in [-0.1, -0.05) is 12.1 Å². The highest BCUT2D eigenvalue weighted by Gasteiger charge is 2.16. The number of halogens is 1. The number of hydrogen-bond acceptors (Lipinski definition) is 3. The fourth-order valence-corrected chi connectivity index (χ4v) is 2.28. The van der Waals surface area contributed by atoms with Gasteiger partial charge in [-0.25, -0.2) is 9.38 Å². The van der Waals surface area contributed by atoms with Crippen LogP contribution in [0.1, 0.15) is 17.2 Å². The lowest BCUT2D eigenvalue weighted by atomic mass is 10.00. The number of rotatable bonds is 4. The van der Waals surface area contributed by atoms with Gasteiger partial charge in [-0.2, -0.15) is 0 Å². The summed E-state index contributed by atoms with van der Waals surface area (Å²) in [6, 6.07) is 10.8. The number of aromatic nitrogens is 1. The molecule has 0 spiro atoms. The third-order valence-corrected chi connectivity index (χ3v) is 3.30. The zero-order chi connectivity index (χ0) is 14.5. The average molecular weight is 285 g/mol. The average Bonchev–Trinajstić information content (AvgIpc) is 3.01. The molecule has 5 heteroatoms. The molecule has 1 aliphatic heterocycles. The van der Waals surface area contributed by atoms with E-state index in [1.807, 2.05) is 18.2 Å². The maximum absolute atomic E-state index is 13.5. The maximum atomic E-state index is 13.5. The van der Waals surface area contributed by atoms with Crippen molar-refractivity contribution in [2.75, 3.05) is 13.2 Å². The minimum absolute atomic E-state index is 0.191. The van der Waals surface area contributed by atoms with E-state index in [1.54, 1.807) is 18.5 Å². The van der Waals surface area contributed by atoms with Gasteiger partial charge in [-0.05, 0) is 41.8 Å². The molecule has 1 atom stereocenters. The SMILES string of the molecule is Fc1cccc(C(Cc2ccncc2)/N=C2/NCCO2)c1. The molecule has 1 saturated heterocycles. The van der Waals surface area contributed by atoms with Crippen molar-refractivity contribution in [3.63, 3.8) is 0 Å². The molecule has 0 aliphatic carbocycles. The number of aliphatic imine (C=N–C) groups is 1. The van der Waals surface area contributed by atoms with Crippen molar-refractivity contribution >= 4 is 6.02 Å². The highest BCUT2D eigenvalue weighted by molar-refractivity contribution is 5.75. The molecule has 0 radical (unpaired) electrons. The van der Waals surface area contributed by atoms with E-state index >= 15 is 0 Å². The zero-order valence-electron chi connectivity index (χ0n) is 11.5. The van der Waals surface area contributed by atoms with Crippen LogP contribution in [0, 0.1) is 5.82 Å². The number of hydrogen-bond donors (Lipinski definition) is 1. The number of ether oxygens (including phenoxy) is 1. The van der Waals surface area contributed by atoms with Crippen molar-refractivity contribution in [2.45, 2.75) is 12.5 Å². The number of benzene rings is 1. The highest BCUT2D eigenvalue weighted by atomic mass is 19.1. The van der Waals surface area contributed by atoms with E-state index in [1.165, 1.54) is 12.1 Å². The van der Waals surface area contributed by atoms with E-state index in [-0.39, 0.29) is 11.9 Å². The second kappa shape index (κ2) is 6.35. The minimum atomic E-state index is -0.257. The van der Waals surface area contributed by atoms with Crippen molar-refractivity contribution in [1.82, 2.24) is 10.3 Å². The monoisotopic (exact) mass is 285 g/mol. The summed E-state index contributed by atoms with van der Waals surface area (Å²) in [6.45, 7) is 1.37. The van der Waals surface area contributed by atoms with Crippen LogP contribution in [-0.4, -0.2) is 24.2 Å². The molecule has 1 aliphatic rings. The molecule has 1 unspecified atom stereocenters. The number of amidine groups is 1. The van der Waals surface area contributed by atoms with Gasteiger partial charge in [0.2, 0.25) is 0 Å². The molecule has 1 aromatic heterocycles. The molecule has 21 heavy (non-hydrogen) atoms. The maximum Gasteiger partial charge on any atom is 0.285 e. The fourth-order valence-electron chi connectivity index (χ4n) is 2.28. The normalized spacial score (nSPS) is 17.3. The van der Waals surface area contributed by atoms with E-state index in [0.717, 1.165) is 17.7 Å². The van der Waals surface area contributed by atoms with Crippen LogP contribution in [0.4, 0.5) is 4.39 Å². The van der Waals surface area contributed by atoms with Crippen LogP contribution in [-0.2, 0) is 11.2 Å². The Labute approximate surface area is 122 Å². The molecular formula is C16H16FN3O. The van der Waals surface area contributed by atoms with Crippen LogP contribution in [0.5, 0.6) is 0 Å². The lowest BCUT2D eigenvalue weighted by Gasteiger charge is -2.14. The number of nitrogens with one attached hydrogen (secondary N) is 1. The quantitative estimate of drug-likeness (QED) is 0.938. The smallest absolute Gasteiger partial charge is 0.285 e. The van der Waals surface area contributed by atoms with Gasteiger partial charge in [-0.3, -0.25) is 4.98 Å². The van der Waals surface area contributed by atoms with Gasteiger partial charge in [0.25, 0.3) is 6.02 Å². The Bertz CT molecular complexity index is 622. The topological polar surface area (TPSA) is 46.5 Å². The van der Waals surface area contributed by atoms with Gasteiger partial charge < -0.3 is 10.1 Å². The molecule has 108 valence electrons. The van der Waals surface area contributed by atoms with Gasteiger partial charge in [0.1, 0.15) is 12.4 Å². The Morgan fingerprint density at radius 2 is 2.14 bits per heavy atom. The second-order valence-electron chi connectivity index (χ2n) is 4.84. The molecule has 2 heterocycles. The van der Waals surface area contributed by atoms with E-state index in [9.17, 15) is 4.39 Å². The zero-order valence-corrected chi connectivity index (χ0v) is 11.5. The molecule has 0 bridgehead atoms. The summed E-state index contributed by atoms with van der Waals surface area (Å²) < 4.78 is 18.9. The van der Waals surface area contributed by atoms with Crippen LogP contribution in [0.2, 0.25) is 0 Å². The van der Waals surface area contributed by atoms with Crippen molar-refractivity contribution in [3.8, 4) is 0 Å². The first-order valence-corrected chi connectivity index (χ1v) is 6.90.